The smallest absolute Gasteiger partial charge is 0.258 e. The van der Waals surface area contributed by atoms with E-state index in [0.29, 0.717) is 29.0 Å². The highest BCUT2D eigenvalue weighted by Crippen LogP contribution is 2.23. The molecule has 1 aromatic rings. The van der Waals surface area contributed by atoms with Crippen LogP contribution in [-0.4, -0.2) is 70.9 Å². The Balaban J connectivity index is 1.66. The molecule has 1 unspecified atom stereocenters. The molecule has 1 amide bonds. The first-order chi connectivity index (χ1) is 10.6. The summed E-state index contributed by atoms with van der Waals surface area (Å²) in [4.78, 5) is 17.1. The fourth-order valence-electron chi connectivity index (χ4n) is 3.26. The maximum atomic E-state index is 12.7. The summed E-state index contributed by atoms with van der Waals surface area (Å²) in [6, 6.07) is 0.519. The molecule has 6 nitrogen and oxygen atoms in total. The molecule has 2 fully saturated rings. The third kappa shape index (κ3) is 2.87. The predicted molar refractivity (Wildman–Crippen MR) is 84.3 cm³/mol. The topological polar surface area (TPSA) is 50.6 Å². The second-order valence-electron chi connectivity index (χ2n) is 5.91. The predicted octanol–water partition coefficient (Wildman–Crippen LogP) is 1.41. The van der Waals surface area contributed by atoms with Crippen molar-refractivity contribution in [1.82, 2.24) is 19.6 Å². The molecule has 3 heterocycles. The van der Waals surface area contributed by atoms with Gasteiger partial charge in [-0.15, -0.1) is 0 Å². The number of rotatable bonds is 3. The average Bonchev–Trinajstić information content (AvgIpc) is 3.15. The normalized spacial score (nSPS) is 23.2. The molecule has 1 aromatic heterocycles. The van der Waals surface area contributed by atoms with Crippen molar-refractivity contribution in [1.29, 1.82) is 0 Å². The van der Waals surface area contributed by atoms with E-state index in [0.717, 1.165) is 45.8 Å². The van der Waals surface area contributed by atoms with Gasteiger partial charge in [-0.1, -0.05) is 11.6 Å². The Morgan fingerprint density at radius 3 is 2.64 bits per heavy atom. The Labute approximate surface area is 136 Å². The third-order valence-electron chi connectivity index (χ3n) is 4.60. The van der Waals surface area contributed by atoms with Crippen LogP contribution in [0.1, 0.15) is 29.4 Å². The lowest BCUT2D eigenvalue weighted by Gasteiger charge is -2.37. The minimum absolute atomic E-state index is 0.00419. The van der Waals surface area contributed by atoms with Crippen LogP contribution in [0.2, 0.25) is 5.15 Å². The van der Waals surface area contributed by atoms with Crippen molar-refractivity contribution < 1.29 is 9.53 Å². The number of nitrogens with zero attached hydrogens (tertiary/aromatic N) is 4. The van der Waals surface area contributed by atoms with E-state index in [1.807, 2.05) is 18.7 Å². The van der Waals surface area contributed by atoms with Gasteiger partial charge in [0.25, 0.3) is 5.91 Å². The summed E-state index contributed by atoms with van der Waals surface area (Å²) in [7, 11) is 0. The standard InChI is InChI=1S/C15H23ClN4O2/c1-3-20-14(16)13(11(2)17-20)15(21)19-7-5-18(6-8-19)12-4-9-22-10-12/h12H,3-10H2,1-2H3. The van der Waals surface area contributed by atoms with Crippen molar-refractivity contribution in [3.63, 3.8) is 0 Å². The van der Waals surface area contributed by atoms with Crippen molar-refractivity contribution in [3.8, 4) is 0 Å². The molecular weight excluding hydrogens is 304 g/mol. The Morgan fingerprint density at radius 1 is 1.36 bits per heavy atom. The summed E-state index contributed by atoms with van der Waals surface area (Å²) in [6.07, 6.45) is 1.10. The quantitative estimate of drug-likeness (QED) is 0.843. The molecule has 2 aliphatic heterocycles. The molecule has 0 bridgehead atoms. The number of piperazine rings is 1. The van der Waals surface area contributed by atoms with Gasteiger partial charge in [0.05, 0.1) is 17.9 Å². The molecule has 0 saturated carbocycles. The maximum Gasteiger partial charge on any atom is 0.258 e. The van der Waals surface area contributed by atoms with E-state index >= 15 is 0 Å². The van der Waals surface area contributed by atoms with Crippen LogP contribution in [0.25, 0.3) is 0 Å². The summed E-state index contributed by atoms with van der Waals surface area (Å²) in [6.45, 7) is 9.44. The minimum Gasteiger partial charge on any atom is -0.380 e. The van der Waals surface area contributed by atoms with Gasteiger partial charge in [0, 0.05) is 45.4 Å². The van der Waals surface area contributed by atoms with Gasteiger partial charge in [0.15, 0.2) is 0 Å². The summed E-state index contributed by atoms with van der Waals surface area (Å²) >= 11 is 6.30. The molecule has 2 saturated heterocycles. The van der Waals surface area contributed by atoms with Crippen molar-refractivity contribution in [2.45, 2.75) is 32.9 Å². The minimum atomic E-state index is 0.00419. The molecule has 22 heavy (non-hydrogen) atoms. The van der Waals surface area contributed by atoms with Gasteiger partial charge in [-0.05, 0) is 20.3 Å². The van der Waals surface area contributed by atoms with E-state index in [4.69, 9.17) is 16.3 Å². The molecule has 122 valence electrons. The number of carbonyl (C=O) groups excluding carboxylic acids is 1. The molecule has 0 aliphatic carbocycles. The van der Waals surface area contributed by atoms with E-state index in [1.54, 1.807) is 4.68 Å². The van der Waals surface area contributed by atoms with Crippen molar-refractivity contribution in [2.75, 3.05) is 39.4 Å². The van der Waals surface area contributed by atoms with Crippen LogP contribution in [0.3, 0.4) is 0 Å². The van der Waals surface area contributed by atoms with Crippen molar-refractivity contribution in [2.24, 2.45) is 0 Å². The largest absolute Gasteiger partial charge is 0.380 e. The lowest BCUT2D eigenvalue weighted by atomic mass is 10.1. The van der Waals surface area contributed by atoms with Crippen molar-refractivity contribution in [3.05, 3.63) is 16.4 Å². The van der Waals surface area contributed by atoms with E-state index in [1.165, 1.54) is 0 Å². The van der Waals surface area contributed by atoms with Crippen LogP contribution >= 0.6 is 11.6 Å². The molecule has 7 heteroatoms. The molecule has 0 aromatic carbocycles. The zero-order chi connectivity index (χ0) is 15.7. The average molecular weight is 327 g/mol. The van der Waals surface area contributed by atoms with Gasteiger partial charge < -0.3 is 9.64 Å². The van der Waals surface area contributed by atoms with Gasteiger partial charge >= 0.3 is 0 Å². The molecule has 3 rings (SSSR count). The Hall–Kier alpha value is -1.11. The summed E-state index contributed by atoms with van der Waals surface area (Å²) in [5, 5.41) is 4.79. The van der Waals surface area contributed by atoms with Crippen LogP contribution in [0.15, 0.2) is 0 Å². The first-order valence-corrected chi connectivity index (χ1v) is 8.33. The number of aromatic nitrogens is 2. The molecule has 2 aliphatic rings. The molecular formula is C15H23ClN4O2. The first kappa shape index (κ1) is 15.8. The zero-order valence-corrected chi connectivity index (χ0v) is 14.0. The van der Waals surface area contributed by atoms with Gasteiger partial charge in [-0.2, -0.15) is 5.10 Å². The van der Waals surface area contributed by atoms with E-state index in [2.05, 4.69) is 10.00 Å². The summed E-state index contributed by atoms with van der Waals surface area (Å²) < 4.78 is 7.13. The fourth-order valence-corrected chi connectivity index (χ4v) is 3.64. The monoisotopic (exact) mass is 326 g/mol. The number of halogens is 1. The molecule has 0 N–H and O–H groups in total. The van der Waals surface area contributed by atoms with E-state index in [-0.39, 0.29) is 5.91 Å². The second kappa shape index (κ2) is 6.56. The van der Waals surface area contributed by atoms with Gasteiger partial charge in [-0.3, -0.25) is 14.4 Å². The highest BCUT2D eigenvalue weighted by molar-refractivity contribution is 6.33. The van der Waals surface area contributed by atoms with Crippen molar-refractivity contribution >= 4 is 17.5 Å². The maximum absolute atomic E-state index is 12.7. The van der Waals surface area contributed by atoms with Gasteiger partial charge in [-0.25, -0.2) is 0 Å². The summed E-state index contributed by atoms with van der Waals surface area (Å²) in [5.74, 6) is 0.00419. The number of hydrogen-bond acceptors (Lipinski definition) is 4. The number of ether oxygens (including phenoxy) is 1. The summed E-state index contributed by atoms with van der Waals surface area (Å²) in [5.41, 5.74) is 1.27. The van der Waals surface area contributed by atoms with E-state index in [9.17, 15) is 4.79 Å². The third-order valence-corrected chi connectivity index (χ3v) is 4.99. The lowest BCUT2D eigenvalue weighted by molar-refractivity contribution is 0.0549. The van der Waals surface area contributed by atoms with Crippen LogP contribution in [-0.2, 0) is 11.3 Å². The van der Waals surface area contributed by atoms with Crippen LogP contribution in [0, 0.1) is 6.92 Å². The Morgan fingerprint density at radius 2 is 2.09 bits per heavy atom. The number of amides is 1. The van der Waals surface area contributed by atoms with Crippen LogP contribution in [0.5, 0.6) is 0 Å². The second-order valence-corrected chi connectivity index (χ2v) is 6.27. The Kier molecular flexibility index (Phi) is 4.70. The van der Waals surface area contributed by atoms with Gasteiger partial charge in [0.2, 0.25) is 0 Å². The van der Waals surface area contributed by atoms with Crippen LogP contribution < -0.4 is 0 Å². The molecule has 0 spiro atoms. The van der Waals surface area contributed by atoms with Gasteiger partial charge in [0.1, 0.15) is 5.15 Å². The number of hydrogen-bond donors (Lipinski definition) is 0. The first-order valence-electron chi connectivity index (χ1n) is 7.95. The number of aryl methyl sites for hydroxylation is 2. The lowest BCUT2D eigenvalue weighted by Crippen LogP contribution is -2.52. The Bertz CT molecular complexity index is 546. The highest BCUT2D eigenvalue weighted by Gasteiger charge is 2.31. The number of carbonyl (C=O) groups is 1. The van der Waals surface area contributed by atoms with E-state index < -0.39 is 0 Å². The zero-order valence-electron chi connectivity index (χ0n) is 13.2. The highest BCUT2D eigenvalue weighted by atomic mass is 35.5. The molecule has 1 atom stereocenters. The SMILES string of the molecule is CCn1nc(C)c(C(=O)N2CCN(C3CCOC3)CC2)c1Cl. The fraction of sp³-hybridized carbons (Fsp3) is 0.733. The molecule has 0 radical (unpaired) electrons. The van der Waals surface area contributed by atoms with Crippen LogP contribution in [0.4, 0.5) is 0 Å².